The molecule has 170 valence electrons. The van der Waals surface area contributed by atoms with E-state index in [9.17, 15) is 9.59 Å². The number of carbonyl (C=O) groups is 2. The smallest absolute Gasteiger partial charge is 0.261 e. The van der Waals surface area contributed by atoms with Crippen molar-refractivity contribution >= 4 is 40.9 Å². The number of aryl methyl sites for hydroxylation is 2. The molecule has 0 saturated carbocycles. The van der Waals surface area contributed by atoms with Crippen LogP contribution in [0.15, 0.2) is 66.2 Å². The minimum Gasteiger partial charge on any atom is -0.493 e. The number of anilines is 2. The fourth-order valence-corrected chi connectivity index (χ4v) is 3.52. The summed E-state index contributed by atoms with van der Waals surface area (Å²) in [5, 5.41) is 5.93. The van der Waals surface area contributed by atoms with Crippen molar-refractivity contribution in [1.29, 1.82) is 0 Å². The minimum atomic E-state index is -0.554. The van der Waals surface area contributed by atoms with Crippen LogP contribution in [0.5, 0.6) is 11.5 Å². The summed E-state index contributed by atoms with van der Waals surface area (Å²) in [6, 6.07) is 17.9. The van der Waals surface area contributed by atoms with Gasteiger partial charge in [-0.15, -0.1) is 0 Å². The Morgan fingerprint density at radius 1 is 0.818 bits per heavy atom. The molecule has 0 fully saturated rings. The first-order valence-corrected chi connectivity index (χ1v) is 10.6. The molecule has 0 radical (unpaired) electrons. The van der Waals surface area contributed by atoms with E-state index in [0.717, 1.165) is 11.1 Å². The third-order valence-electron chi connectivity index (χ3n) is 5.04. The van der Waals surface area contributed by atoms with E-state index in [4.69, 9.17) is 21.1 Å². The molecule has 0 saturated heterocycles. The summed E-state index contributed by atoms with van der Waals surface area (Å²) in [4.78, 5) is 26.4. The summed E-state index contributed by atoms with van der Waals surface area (Å²) in [6.45, 7) is 3.75. The first-order valence-electron chi connectivity index (χ1n) is 10.2. The average molecular weight is 465 g/mol. The fraction of sp³-hybridized carbons (Fsp3) is 0.154. The van der Waals surface area contributed by atoms with Gasteiger partial charge >= 0.3 is 0 Å². The molecule has 0 aliphatic heterocycles. The number of halogens is 1. The van der Waals surface area contributed by atoms with Crippen LogP contribution in [0.2, 0.25) is 5.02 Å². The van der Waals surface area contributed by atoms with Gasteiger partial charge < -0.3 is 20.1 Å². The second-order valence-corrected chi connectivity index (χ2v) is 7.74. The zero-order chi connectivity index (χ0) is 24.0. The molecule has 6 nitrogen and oxygen atoms in total. The quantitative estimate of drug-likeness (QED) is 0.270. The Morgan fingerprint density at radius 3 is 1.79 bits per heavy atom. The second kappa shape index (κ2) is 10.7. The molecule has 0 aliphatic rings. The van der Waals surface area contributed by atoms with Gasteiger partial charge in [-0.1, -0.05) is 48.0 Å². The number of methoxy groups -OCH3 is 2. The summed E-state index contributed by atoms with van der Waals surface area (Å²) >= 11 is 6.32. The lowest BCUT2D eigenvalue weighted by Crippen LogP contribution is -2.26. The zero-order valence-electron chi connectivity index (χ0n) is 18.9. The van der Waals surface area contributed by atoms with Crippen molar-refractivity contribution in [1.82, 2.24) is 0 Å². The maximum atomic E-state index is 13.2. The van der Waals surface area contributed by atoms with Crippen molar-refractivity contribution in [2.45, 2.75) is 13.8 Å². The monoisotopic (exact) mass is 464 g/mol. The topological polar surface area (TPSA) is 76.7 Å². The highest BCUT2D eigenvalue weighted by Crippen LogP contribution is 2.36. The molecule has 7 heteroatoms. The molecule has 2 amide bonds. The summed E-state index contributed by atoms with van der Waals surface area (Å²) in [5.74, 6) is -0.358. The predicted molar refractivity (Wildman–Crippen MR) is 132 cm³/mol. The molecule has 0 bridgehead atoms. The van der Waals surface area contributed by atoms with Crippen LogP contribution in [0.25, 0.3) is 6.08 Å². The Hall–Kier alpha value is -3.77. The standard InChI is InChI=1S/C26H25ClN2O4/c1-16-9-5-7-11-21(16)28-25(30)19(26(31)29-22-12-8-6-10-17(22)2)13-18-14-20(27)24(33-4)23(15-18)32-3/h5-15H,1-4H3,(H,28,30)(H,29,31). The largest absolute Gasteiger partial charge is 0.493 e. The number of benzene rings is 3. The van der Waals surface area contributed by atoms with Gasteiger partial charge in [0.15, 0.2) is 11.5 Å². The Morgan fingerprint density at radius 2 is 1.33 bits per heavy atom. The number of rotatable bonds is 7. The highest BCUT2D eigenvalue weighted by Gasteiger charge is 2.21. The molecule has 0 heterocycles. The summed E-state index contributed by atoms with van der Waals surface area (Å²) in [6.07, 6.45) is 1.47. The van der Waals surface area contributed by atoms with Crippen molar-refractivity contribution in [3.05, 3.63) is 87.9 Å². The highest BCUT2D eigenvalue weighted by molar-refractivity contribution is 6.33. The Bertz CT molecular complexity index is 1160. The minimum absolute atomic E-state index is 0.0928. The number of hydrogen-bond acceptors (Lipinski definition) is 4. The Labute approximate surface area is 198 Å². The zero-order valence-corrected chi connectivity index (χ0v) is 19.6. The van der Waals surface area contributed by atoms with Gasteiger partial charge in [0, 0.05) is 11.4 Å². The van der Waals surface area contributed by atoms with Gasteiger partial charge in [0.25, 0.3) is 11.8 Å². The molecule has 3 aromatic rings. The van der Waals surface area contributed by atoms with Gasteiger partial charge in [-0.2, -0.15) is 0 Å². The maximum Gasteiger partial charge on any atom is 0.261 e. The summed E-state index contributed by atoms with van der Waals surface area (Å²) < 4.78 is 10.6. The molecule has 3 aromatic carbocycles. The van der Waals surface area contributed by atoms with E-state index in [1.54, 1.807) is 24.3 Å². The van der Waals surface area contributed by atoms with E-state index in [1.165, 1.54) is 20.3 Å². The van der Waals surface area contributed by atoms with E-state index in [-0.39, 0.29) is 5.57 Å². The van der Waals surface area contributed by atoms with Gasteiger partial charge in [0.1, 0.15) is 5.57 Å². The highest BCUT2D eigenvalue weighted by atomic mass is 35.5. The van der Waals surface area contributed by atoms with Gasteiger partial charge in [-0.3, -0.25) is 9.59 Å². The molecule has 0 spiro atoms. The van der Waals surface area contributed by atoms with Crippen LogP contribution in [0, 0.1) is 13.8 Å². The van der Waals surface area contributed by atoms with E-state index >= 15 is 0 Å². The molecule has 0 aromatic heterocycles. The first kappa shape index (κ1) is 23.9. The molecular formula is C26H25ClN2O4. The predicted octanol–water partition coefficient (Wildman–Crippen LogP) is 5.63. The Kier molecular flexibility index (Phi) is 7.74. The lowest BCUT2D eigenvalue weighted by Gasteiger charge is -2.14. The number of amides is 2. The first-order chi connectivity index (χ1) is 15.8. The number of ether oxygens (including phenoxy) is 2. The van der Waals surface area contributed by atoms with E-state index in [1.807, 2.05) is 50.2 Å². The van der Waals surface area contributed by atoms with Crippen molar-refractivity contribution < 1.29 is 19.1 Å². The Balaban J connectivity index is 2.03. The van der Waals surface area contributed by atoms with Crippen molar-refractivity contribution in [3.63, 3.8) is 0 Å². The molecular weight excluding hydrogens is 440 g/mol. The van der Waals surface area contributed by atoms with E-state index < -0.39 is 11.8 Å². The molecule has 2 N–H and O–H groups in total. The van der Waals surface area contributed by atoms with Crippen LogP contribution < -0.4 is 20.1 Å². The lowest BCUT2D eigenvalue weighted by atomic mass is 10.1. The molecule has 3 rings (SSSR count). The lowest BCUT2D eigenvalue weighted by molar-refractivity contribution is -0.118. The molecule has 0 aliphatic carbocycles. The van der Waals surface area contributed by atoms with Crippen LogP contribution in [0.4, 0.5) is 11.4 Å². The fourth-order valence-electron chi connectivity index (χ4n) is 3.23. The third-order valence-corrected chi connectivity index (χ3v) is 5.32. The van der Waals surface area contributed by atoms with Gasteiger partial charge in [0.05, 0.1) is 19.2 Å². The van der Waals surface area contributed by atoms with Crippen molar-refractivity contribution in [2.24, 2.45) is 0 Å². The number of hydrogen-bond donors (Lipinski definition) is 2. The van der Waals surface area contributed by atoms with Crippen LogP contribution in [0.1, 0.15) is 16.7 Å². The normalized spacial score (nSPS) is 10.2. The van der Waals surface area contributed by atoms with E-state index in [2.05, 4.69) is 10.6 Å². The molecule has 0 unspecified atom stereocenters. The van der Waals surface area contributed by atoms with E-state index in [0.29, 0.717) is 33.5 Å². The number of nitrogens with one attached hydrogen (secondary N) is 2. The van der Waals surface area contributed by atoms with Gasteiger partial charge in [0.2, 0.25) is 0 Å². The maximum absolute atomic E-state index is 13.2. The van der Waals surface area contributed by atoms with Crippen LogP contribution in [-0.2, 0) is 9.59 Å². The third kappa shape index (κ3) is 5.73. The molecule has 33 heavy (non-hydrogen) atoms. The van der Waals surface area contributed by atoms with Crippen molar-refractivity contribution in [3.8, 4) is 11.5 Å². The molecule has 0 atom stereocenters. The van der Waals surface area contributed by atoms with Gasteiger partial charge in [-0.25, -0.2) is 0 Å². The SMILES string of the molecule is COc1cc(C=C(C(=O)Nc2ccccc2C)C(=O)Nc2ccccc2C)cc(Cl)c1OC. The number of carbonyl (C=O) groups excluding carboxylic acids is 2. The second-order valence-electron chi connectivity index (χ2n) is 7.33. The number of para-hydroxylation sites is 2. The summed E-state index contributed by atoms with van der Waals surface area (Å²) in [7, 11) is 2.97. The van der Waals surface area contributed by atoms with Crippen LogP contribution in [-0.4, -0.2) is 26.0 Å². The van der Waals surface area contributed by atoms with Crippen LogP contribution in [0.3, 0.4) is 0 Å². The average Bonchev–Trinajstić information content (AvgIpc) is 2.79. The summed E-state index contributed by atoms with van der Waals surface area (Å²) in [5.41, 5.74) is 3.39. The van der Waals surface area contributed by atoms with Crippen molar-refractivity contribution in [2.75, 3.05) is 24.9 Å². The van der Waals surface area contributed by atoms with Gasteiger partial charge in [-0.05, 0) is 60.9 Å². The van der Waals surface area contributed by atoms with Crippen LogP contribution >= 0.6 is 11.6 Å².